The molecule has 4 rings (SSSR count). The lowest BCUT2D eigenvalue weighted by molar-refractivity contribution is -0.140. The molecule has 28 heavy (non-hydrogen) atoms. The van der Waals surface area contributed by atoms with Crippen LogP contribution >= 0.6 is 0 Å². The van der Waals surface area contributed by atoms with Crippen molar-refractivity contribution in [1.82, 2.24) is 4.98 Å². The van der Waals surface area contributed by atoms with E-state index in [0.717, 1.165) is 37.3 Å². The zero-order valence-electron chi connectivity index (χ0n) is 15.9. The number of nitrogens with zero attached hydrogens (tertiary/aromatic N) is 2. The molecule has 0 radical (unpaired) electrons. The van der Waals surface area contributed by atoms with Crippen molar-refractivity contribution in [3.05, 3.63) is 41.6 Å². The van der Waals surface area contributed by atoms with Crippen LogP contribution in [0, 0.1) is 0 Å². The first-order chi connectivity index (χ1) is 13.7. The average molecular weight is 384 g/mol. The Balaban J connectivity index is 1.79. The molecule has 0 amide bonds. The number of hydrogen-bond acceptors (Lipinski definition) is 7. The van der Waals surface area contributed by atoms with Crippen LogP contribution in [0.25, 0.3) is 0 Å². The fourth-order valence-corrected chi connectivity index (χ4v) is 3.91. The van der Waals surface area contributed by atoms with E-state index in [1.54, 1.807) is 18.3 Å². The number of carbonyl (C=O) groups is 1. The minimum atomic E-state index is -0.410. The van der Waals surface area contributed by atoms with Crippen LogP contribution in [0.1, 0.15) is 42.7 Å². The number of carbonyl (C=O) groups excluding carboxylic acids is 1. The van der Waals surface area contributed by atoms with Gasteiger partial charge in [-0.1, -0.05) is 6.07 Å². The number of aromatic nitrogens is 1. The molecular weight excluding hydrogens is 360 g/mol. The summed E-state index contributed by atoms with van der Waals surface area (Å²) in [6, 6.07) is 7.11. The molecule has 1 saturated heterocycles. The largest absolute Gasteiger partial charge is 0.508 e. The number of piperidine rings is 1. The highest BCUT2D eigenvalue weighted by atomic mass is 16.7. The molecule has 0 aliphatic carbocycles. The lowest BCUT2D eigenvalue weighted by Gasteiger charge is -2.31. The van der Waals surface area contributed by atoms with Crippen LogP contribution in [0.15, 0.2) is 30.5 Å². The van der Waals surface area contributed by atoms with Crippen LogP contribution in [-0.4, -0.2) is 43.1 Å². The second-order valence-corrected chi connectivity index (χ2v) is 7.06. The maximum absolute atomic E-state index is 12.2. The van der Waals surface area contributed by atoms with Gasteiger partial charge in [-0.2, -0.15) is 0 Å². The molecule has 2 aliphatic rings. The van der Waals surface area contributed by atoms with Crippen LogP contribution in [0.4, 0.5) is 5.82 Å². The fraction of sp³-hybridized carbons (Fsp3) is 0.429. The molecule has 0 spiro atoms. The van der Waals surface area contributed by atoms with Crippen molar-refractivity contribution >= 4 is 11.8 Å². The van der Waals surface area contributed by atoms with E-state index in [0.29, 0.717) is 17.1 Å². The minimum Gasteiger partial charge on any atom is -0.508 e. The molecule has 3 heterocycles. The van der Waals surface area contributed by atoms with Crippen LogP contribution in [0.3, 0.4) is 0 Å². The Morgan fingerprint density at radius 1 is 1.21 bits per heavy atom. The summed E-state index contributed by atoms with van der Waals surface area (Å²) in [6.45, 7) is 1.98. The summed E-state index contributed by atoms with van der Waals surface area (Å²) in [5.41, 5.74) is 1.49. The van der Waals surface area contributed by atoms with E-state index in [1.165, 1.54) is 13.5 Å². The fourth-order valence-electron chi connectivity index (χ4n) is 3.91. The van der Waals surface area contributed by atoms with Gasteiger partial charge in [0, 0.05) is 42.4 Å². The highest BCUT2D eigenvalue weighted by Gasteiger charge is 2.29. The normalized spacial score (nSPS) is 16.7. The van der Waals surface area contributed by atoms with Gasteiger partial charge in [-0.25, -0.2) is 4.98 Å². The van der Waals surface area contributed by atoms with Gasteiger partial charge in [0.15, 0.2) is 11.5 Å². The smallest absolute Gasteiger partial charge is 0.306 e. The van der Waals surface area contributed by atoms with E-state index in [1.807, 2.05) is 12.1 Å². The number of hydrogen-bond donors (Lipinski definition) is 1. The predicted octanol–water partition coefficient (Wildman–Crippen LogP) is 3.20. The minimum absolute atomic E-state index is 0.0617. The molecule has 0 saturated carbocycles. The van der Waals surface area contributed by atoms with Crippen molar-refractivity contribution in [1.29, 1.82) is 0 Å². The topological polar surface area (TPSA) is 81.1 Å². The Labute approximate surface area is 163 Å². The Kier molecular flexibility index (Phi) is 5.23. The maximum atomic E-state index is 12.2. The van der Waals surface area contributed by atoms with Crippen molar-refractivity contribution < 1.29 is 24.1 Å². The second kappa shape index (κ2) is 7.96. The molecule has 1 N–H and O–H groups in total. The number of rotatable bonds is 5. The van der Waals surface area contributed by atoms with E-state index in [4.69, 9.17) is 14.2 Å². The van der Waals surface area contributed by atoms with Crippen molar-refractivity contribution in [2.45, 2.75) is 31.6 Å². The van der Waals surface area contributed by atoms with Gasteiger partial charge >= 0.3 is 5.97 Å². The van der Waals surface area contributed by atoms with Crippen LogP contribution < -0.4 is 14.4 Å². The maximum Gasteiger partial charge on any atom is 0.306 e. The van der Waals surface area contributed by atoms with Crippen molar-refractivity contribution in [3.63, 3.8) is 0 Å². The van der Waals surface area contributed by atoms with Crippen molar-refractivity contribution in [3.8, 4) is 17.2 Å². The number of esters is 1. The summed E-state index contributed by atoms with van der Waals surface area (Å²) in [5.74, 6) is 1.22. The van der Waals surface area contributed by atoms with Gasteiger partial charge in [0.25, 0.3) is 0 Å². The lowest BCUT2D eigenvalue weighted by Crippen LogP contribution is -2.31. The van der Waals surface area contributed by atoms with Gasteiger partial charge in [-0.15, -0.1) is 0 Å². The summed E-state index contributed by atoms with van der Waals surface area (Å²) in [7, 11) is 1.37. The first-order valence-corrected chi connectivity index (χ1v) is 9.56. The van der Waals surface area contributed by atoms with E-state index in [2.05, 4.69) is 9.88 Å². The number of fused-ring (bicyclic) bond motifs is 1. The summed E-state index contributed by atoms with van der Waals surface area (Å²) in [6.07, 6.45) is 5.31. The number of phenols is 1. The van der Waals surface area contributed by atoms with Gasteiger partial charge in [0.2, 0.25) is 6.79 Å². The standard InChI is InChI=1S/C21H24N2O5/c1-26-20(25)11-15(16-10-18-19(12-17(16)24)28-13-27-18)14-6-5-7-22-21(14)23-8-3-2-4-9-23/h5-7,10,12,15,24H,2-4,8-9,11,13H2,1H3/t15-/m0/s1. The zero-order valence-corrected chi connectivity index (χ0v) is 15.9. The van der Waals surface area contributed by atoms with Gasteiger partial charge in [0.1, 0.15) is 11.6 Å². The highest BCUT2D eigenvalue weighted by molar-refractivity contribution is 5.73. The number of anilines is 1. The molecule has 1 fully saturated rings. The molecule has 7 nitrogen and oxygen atoms in total. The summed E-state index contributed by atoms with van der Waals surface area (Å²) in [4.78, 5) is 19.1. The molecule has 7 heteroatoms. The predicted molar refractivity (Wildman–Crippen MR) is 103 cm³/mol. The molecular formula is C21H24N2O5. The van der Waals surface area contributed by atoms with Crippen LogP contribution in [0.2, 0.25) is 0 Å². The van der Waals surface area contributed by atoms with Gasteiger partial charge in [0.05, 0.1) is 13.5 Å². The van der Waals surface area contributed by atoms with Crippen LogP contribution in [0.5, 0.6) is 17.2 Å². The summed E-state index contributed by atoms with van der Waals surface area (Å²) >= 11 is 0. The Morgan fingerprint density at radius 3 is 2.71 bits per heavy atom. The molecule has 1 atom stereocenters. The number of aromatic hydroxyl groups is 1. The molecule has 0 unspecified atom stereocenters. The molecule has 0 bridgehead atoms. The number of ether oxygens (including phenoxy) is 3. The molecule has 2 aliphatic heterocycles. The SMILES string of the molecule is COC(=O)C[C@H](c1cc2c(cc1O)OCO2)c1cccnc1N1CCCCC1. The van der Waals surface area contributed by atoms with Crippen molar-refractivity contribution in [2.24, 2.45) is 0 Å². The first kappa shape index (κ1) is 18.4. The number of methoxy groups -OCH3 is 1. The Hall–Kier alpha value is -2.96. The Bertz CT molecular complexity index is 864. The van der Waals surface area contributed by atoms with Gasteiger partial charge in [-0.05, 0) is 31.4 Å². The van der Waals surface area contributed by atoms with E-state index in [-0.39, 0.29) is 24.9 Å². The molecule has 1 aromatic heterocycles. The molecule has 148 valence electrons. The lowest BCUT2D eigenvalue weighted by atomic mass is 9.87. The Morgan fingerprint density at radius 2 is 1.96 bits per heavy atom. The van der Waals surface area contributed by atoms with Gasteiger partial charge in [-0.3, -0.25) is 4.79 Å². The quantitative estimate of drug-likeness (QED) is 0.793. The zero-order chi connectivity index (χ0) is 19.5. The molecule has 2 aromatic rings. The first-order valence-electron chi connectivity index (χ1n) is 9.56. The van der Waals surface area contributed by atoms with Gasteiger partial charge < -0.3 is 24.2 Å². The number of phenolic OH excluding ortho intramolecular Hbond substituents is 1. The highest BCUT2D eigenvalue weighted by Crippen LogP contribution is 2.44. The van der Waals surface area contributed by atoms with Crippen molar-refractivity contribution in [2.75, 3.05) is 31.9 Å². The average Bonchev–Trinajstić information content (AvgIpc) is 3.19. The van der Waals surface area contributed by atoms with E-state index < -0.39 is 5.92 Å². The second-order valence-electron chi connectivity index (χ2n) is 7.06. The summed E-state index contributed by atoms with van der Waals surface area (Å²) in [5, 5.41) is 10.7. The third-order valence-corrected chi connectivity index (χ3v) is 5.34. The number of pyridine rings is 1. The number of benzene rings is 1. The monoisotopic (exact) mass is 384 g/mol. The van der Waals surface area contributed by atoms with E-state index >= 15 is 0 Å². The third kappa shape index (κ3) is 3.56. The molecule has 1 aromatic carbocycles. The summed E-state index contributed by atoms with van der Waals surface area (Å²) < 4.78 is 15.8. The van der Waals surface area contributed by atoms with E-state index in [9.17, 15) is 9.90 Å². The third-order valence-electron chi connectivity index (χ3n) is 5.34. The van der Waals surface area contributed by atoms with Crippen LogP contribution in [-0.2, 0) is 9.53 Å².